The lowest BCUT2D eigenvalue weighted by Crippen LogP contribution is -2.15. The molecule has 0 fully saturated rings. The van der Waals surface area contributed by atoms with E-state index in [1.807, 2.05) is 19.9 Å². The van der Waals surface area contributed by atoms with Crippen molar-refractivity contribution in [3.05, 3.63) is 114 Å². The summed E-state index contributed by atoms with van der Waals surface area (Å²) in [6, 6.07) is 25.0. The first-order valence-electron chi connectivity index (χ1n) is 11.2. The van der Waals surface area contributed by atoms with Gasteiger partial charge in [-0.2, -0.15) is 0 Å². The lowest BCUT2D eigenvalue weighted by atomic mass is 10.1. The maximum Gasteiger partial charge on any atom is 0.261 e. The van der Waals surface area contributed by atoms with Crippen molar-refractivity contribution in [2.45, 2.75) is 23.6 Å². The molecule has 8 nitrogen and oxygen atoms in total. The topological polar surface area (TPSA) is 121 Å². The van der Waals surface area contributed by atoms with Crippen molar-refractivity contribution in [1.29, 1.82) is 0 Å². The molecule has 0 aliphatic carbocycles. The highest BCUT2D eigenvalue weighted by molar-refractivity contribution is 7.93. The molecule has 10 heteroatoms. The number of hydrogen-bond acceptors (Lipinski definition) is 5. The van der Waals surface area contributed by atoms with Crippen molar-refractivity contribution in [1.82, 2.24) is 0 Å². The number of carbonyl (C=O) groups excluding carboxylic acids is 1. The predicted octanol–water partition coefficient (Wildman–Crippen LogP) is 5.16. The van der Waals surface area contributed by atoms with Gasteiger partial charge in [0, 0.05) is 22.6 Å². The van der Waals surface area contributed by atoms with Crippen LogP contribution in [-0.4, -0.2) is 22.7 Å². The molecule has 0 saturated heterocycles. The smallest absolute Gasteiger partial charge is 0.261 e. The van der Waals surface area contributed by atoms with Crippen molar-refractivity contribution < 1.29 is 21.6 Å². The molecule has 0 atom stereocenters. The third-order valence-electron chi connectivity index (χ3n) is 5.63. The SMILES string of the molecule is Cc1ccc(NS(=O)(=O)c2ccc(NC(=O)c3ccc(NS(=O)(=O)c4ccccc4)cc3)cc2)cc1C. The van der Waals surface area contributed by atoms with E-state index in [0.717, 1.165) is 11.1 Å². The molecule has 3 N–H and O–H groups in total. The molecule has 37 heavy (non-hydrogen) atoms. The first-order chi connectivity index (χ1) is 17.5. The van der Waals surface area contributed by atoms with Crippen LogP contribution in [0.15, 0.2) is 107 Å². The number of nitrogens with one attached hydrogen (secondary N) is 3. The lowest BCUT2D eigenvalue weighted by molar-refractivity contribution is 0.102. The van der Waals surface area contributed by atoms with E-state index < -0.39 is 26.0 Å². The lowest BCUT2D eigenvalue weighted by Gasteiger charge is -2.11. The van der Waals surface area contributed by atoms with Crippen molar-refractivity contribution in [2.75, 3.05) is 14.8 Å². The van der Waals surface area contributed by atoms with Gasteiger partial charge >= 0.3 is 0 Å². The summed E-state index contributed by atoms with van der Waals surface area (Å²) in [7, 11) is -7.54. The van der Waals surface area contributed by atoms with Crippen molar-refractivity contribution in [3.63, 3.8) is 0 Å². The normalized spacial score (nSPS) is 11.5. The Balaban J connectivity index is 1.40. The molecule has 0 radical (unpaired) electrons. The third-order valence-corrected chi connectivity index (χ3v) is 8.43. The summed E-state index contributed by atoms with van der Waals surface area (Å²) < 4.78 is 55.4. The van der Waals surface area contributed by atoms with Gasteiger partial charge in [0.1, 0.15) is 0 Å². The highest BCUT2D eigenvalue weighted by Crippen LogP contribution is 2.21. The van der Waals surface area contributed by atoms with Crippen LogP contribution in [0.1, 0.15) is 21.5 Å². The fraction of sp³-hybridized carbons (Fsp3) is 0.0741. The van der Waals surface area contributed by atoms with Crippen LogP contribution in [0.5, 0.6) is 0 Å². The molecule has 0 aromatic heterocycles. The Labute approximate surface area is 216 Å². The maximum absolute atomic E-state index is 12.7. The molecule has 0 bridgehead atoms. The van der Waals surface area contributed by atoms with Crippen molar-refractivity contribution >= 4 is 43.0 Å². The van der Waals surface area contributed by atoms with E-state index in [1.54, 1.807) is 30.3 Å². The predicted molar refractivity (Wildman–Crippen MR) is 145 cm³/mol. The number of hydrogen-bond donors (Lipinski definition) is 3. The van der Waals surface area contributed by atoms with E-state index in [4.69, 9.17) is 0 Å². The van der Waals surface area contributed by atoms with Crippen LogP contribution in [0, 0.1) is 13.8 Å². The maximum atomic E-state index is 12.7. The molecular formula is C27H25N3O5S2. The third kappa shape index (κ3) is 6.35. The van der Waals surface area contributed by atoms with Gasteiger partial charge in [-0.3, -0.25) is 14.2 Å². The van der Waals surface area contributed by atoms with Gasteiger partial charge in [0.15, 0.2) is 0 Å². The minimum absolute atomic E-state index is 0.0544. The van der Waals surface area contributed by atoms with Crippen LogP contribution in [0.3, 0.4) is 0 Å². The Kier molecular flexibility index (Phi) is 7.33. The van der Waals surface area contributed by atoms with Crippen LogP contribution in [-0.2, 0) is 20.0 Å². The molecule has 0 unspecified atom stereocenters. The number of carbonyl (C=O) groups is 1. The Morgan fingerprint density at radius 1 is 0.568 bits per heavy atom. The largest absolute Gasteiger partial charge is 0.322 e. The summed E-state index contributed by atoms with van der Waals surface area (Å²) >= 11 is 0. The molecule has 4 rings (SSSR count). The summed E-state index contributed by atoms with van der Waals surface area (Å²) in [4.78, 5) is 12.8. The molecule has 190 valence electrons. The summed E-state index contributed by atoms with van der Waals surface area (Å²) in [5.41, 5.74) is 3.52. The Morgan fingerprint density at radius 2 is 1.08 bits per heavy atom. The first-order valence-corrected chi connectivity index (χ1v) is 14.2. The molecule has 1 amide bonds. The Bertz CT molecular complexity index is 1640. The van der Waals surface area contributed by atoms with E-state index in [1.165, 1.54) is 60.7 Å². The number of amides is 1. The number of aryl methyl sites for hydroxylation is 2. The van der Waals surface area contributed by atoms with Crippen molar-refractivity contribution in [3.8, 4) is 0 Å². The zero-order valence-electron chi connectivity index (χ0n) is 20.1. The number of sulfonamides is 2. The van der Waals surface area contributed by atoms with Crippen molar-refractivity contribution in [2.24, 2.45) is 0 Å². The van der Waals surface area contributed by atoms with Crippen LogP contribution in [0.25, 0.3) is 0 Å². The minimum atomic E-state index is -3.80. The second kappa shape index (κ2) is 10.5. The average Bonchev–Trinajstić information content (AvgIpc) is 2.87. The van der Waals surface area contributed by atoms with Crippen LogP contribution in [0.4, 0.5) is 17.1 Å². The number of anilines is 3. The summed E-state index contributed by atoms with van der Waals surface area (Å²) in [6.45, 7) is 3.85. The molecule has 0 aliphatic heterocycles. The molecule has 0 spiro atoms. The van der Waals surface area contributed by atoms with E-state index in [0.29, 0.717) is 22.6 Å². The number of rotatable bonds is 8. The highest BCUT2D eigenvalue weighted by Gasteiger charge is 2.16. The average molecular weight is 536 g/mol. The van der Waals surface area contributed by atoms with Gasteiger partial charge in [-0.15, -0.1) is 0 Å². The molecule has 0 heterocycles. The summed E-state index contributed by atoms with van der Waals surface area (Å²) in [5.74, 6) is -0.429. The van der Waals surface area contributed by atoms with Gasteiger partial charge in [0.2, 0.25) is 0 Å². The molecule has 0 aliphatic rings. The molecule has 4 aromatic rings. The molecular weight excluding hydrogens is 510 g/mol. The van der Waals surface area contributed by atoms with Gasteiger partial charge < -0.3 is 5.32 Å². The zero-order valence-corrected chi connectivity index (χ0v) is 21.7. The van der Waals surface area contributed by atoms with Gasteiger partial charge in [-0.25, -0.2) is 16.8 Å². The zero-order chi connectivity index (χ0) is 26.6. The number of benzene rings is 4. The summed E-state index contributed by atoms with van der Waals surface area (Å²) in [5, 5.41) is 2.70. The Morgan fingerprint density at radius 3 is 1.68 bits per heavy atom. The van der Waals surface area contributed by atoms with E-state index >= 15 is 0 Å². The quantitative estimate of drug-likeness (QED) is 0.288. The molecule has 0 saturated carbocycles. The van der Waals surface area contributed by atoms with Crippen LogP contribution in [0.2, 0.25) is 0 Å². The van der Waals surface area contributed by atoms with Gasteiger partial charge in [0.05, 0.1) is 9.79 Å². The highest BCUT2D eigenvalue weighted by atomic mass is 32.2. The Hall–Kier alpha value is -4.15. The van der Waals surface area contributed by atoms with Gasteiger partial charge in [0.25, 0.3) is 26.0 Å². The van der Waals surface area contributed by atoms with Crippen LogP contribution < -0.4 is 14.8 Å². The standard InChI is InChI=1S/C27H25N3O5S2/c1-19-8-11-24(18-20(19)2)30-37(34,35)26-16-14-22(15-17-26)28-27(31)21-9-12-23(13-10-21)29-36(32,33)25-6-4-3-5-7-25/h3-18,29-30H,1-2H3,(H,28,31). The second-order valence-electron chi connectivity index (χ2n) is 8.38. The molecule has 4 aromatic carbocycles. The first kappa shape index (κ1) is 25.9. The van der Waals surface area contributed by atoms with Gasteiger partial charge in [-0.1, -0.05) is 24.3 Å². The van der Waals surface area contributed by atoms with E-state index in [9.17, 15) is 21.6 Å². The van der Waals surface area contributed by atoms with E-state index in [-0.39, 0.29) is 9.79 Å². The second-order valence-corrected chi connectivity index (χ2v) is 11.7. The monoisotopic (exact) mass is 535 g/mol. The fourth-order valence-corrected chi connectivity index (χ4v) is 5.57. The summed E-state index contributed by atoms with van der Waals surface area (Å²) in [6.07, 6.45) is 0. The minimum Gasteiger partial charge on any atom is -0.322 e. The van der Waals surface area contributed by atoms with Crippen LogP contribution >= 0.6 is 0 Å². The fourth-order valence-electron chi connectivity index (χ4n) is 3.44. The van der Waals surface area contributed by atoms with Gasteiger partial charge in [-0.05, 0) is 97.8 Å². The van der Waals surface area contributed by atoms with E-state index in [2.05, 4.69) is 14.8 Å².